The molecule has 0 aliphatic carbocycles. The van der Waals surface area contributed by atoms with Gasteiger partial charge in [0.05, 0.1) is 31.8 Å². The van der Waals surface area contributed by atoms with Crippen molar-refractivity contribution in [2.45, 2.75) is 109 Å². The zero-order chi connectivity index (χ0) is 55.3. The molecule has 45 heteroatoms. The van der Waals surface area contributed by atoms with Crippen LogP contribution in [0.25, 0.3) is 0 Å². The van der Waals surface area contributed by atoms with Gasteiger partial charge in [0.2, 0.25) is 0 Å². The molecule has 1 aliphatic rings. The highest BCUT2D eigenvalue weighted by Crippen LogP contribution is 2.61. The zero-order valence-electron chi connectivity index (χ0n) is 29.5. The number of halogens is 38. The van der Waals surface area contributed by atoms with E-state index in [9.17, 15) is 158 Å². The Hall–Kier alpha value is -2.94. The van der Waals surface area contributed by atoms with Gasteiger partial charge in [-0.05, 0) is 0 Å². The van der Waals surface area contributed by atoms with E-state index in [1.165, 1.54) is 18.9 Å². The number of rotatable bonds is 18. The van der Waals surface area contributed by atoms with E-state index < -0.39 is 141 Å². The lowest BCUT2D eigenvalue weighted by molar-refractivity contribution is -0.572. The zero-order valence-corrected chi connectivity index (χ0v) is 29.5. The van der Waals surface area contributed by atoms with E-state index in [-0.39, 0.29) is 0 Å². The Kier molecular flexibility index (Phi) is 15.9. The fraction of sp³-hybridized carbons (Fsp3) is 1.00. The van der Waals surface area contributed by atoms with Gasteiger partial charge >= 0.3 is 109 Å². The summed E-state index contributed by atoms with van der Waals surface area (Å²) in [7, 11) is 0. The third kappa shape index (κ3) is 10.6. The van der Waals surface area contributed by atoms with E-state index in [1.807, 2.05) is 0 Å². The Balaban J connectivity index is 4.32. The van der Waals surface area contributed by atoms with Crippen molar-refractivity contribution < 1.29 is 200 Å². The predicted octanol–water partition coefficient (Wildman–Crippen LogP) is 12.0. The van der Waals surface area contributed by atoms with Crippen LogP contribution in [0.3, 0.4) is 0 Å². The Labute approximate surface area is 342 Å². The Morgan fingerprint density at radius 3 is 0.500 bits per heavy atom. The van der Waals surface area contributed by atoms with Crippen molar-refractivity contribution >= 4 is 0 Å². The lowest BCUT2D eigenvalue weighted by Crippen LogP contribution is -2.71. The topological polar surface area (TPSA) is 64.6 Å². The van der Waals surface area contributed by atoms with Crippen molar-refractivity contribution in [3.05, 3.63) is 0 Å². The van der Waals surface area contributed by atoms with Gasteiger partial charge in [0.1, 0.15) is 0 Å². The standard InChI is InChI=1S/C23H8F38O7/c24-6(12(30,31)32,13(33,34)35)65-20(54,55)10(28,21(56,57)66-7(25,14(36,37)38)15(39,40)41)63-3-5(1-62-2-5)4-64-11(29,22(58,59)67-8(26,16(42,43)44)17(45,46)47)23(60,61)68-9(27,18(48,49)50)19(51,52)53/h1-4H2. The average molecular weight is 1120 g/mol. The summed E-state index contributed by atoms with van der Waals surface area (Å²) < 4.78 is 529. The normalized spacial score (nSPS) is 18.3. The van der Waals surface area contributed by atoms with Gasteiger partial charge in [-0.1, -0.05) is 0 Å². The monoisotopic (exact) mass is 1120 g/mol. The van der Waals surface area contributed by atoms with E-state index in [0.29, 0.717) is 0 Å². The molecule has 1 aliphatic heterocycles. The Bertz CT molecular complexity index is 1440. The molecular formula is C23H8F38O7. The van der Waals surface area contributed by atoms with Crippen LogP contribution in [0, 0.1) is 5.41 Å². The smallest absolute Gasteiger partial charge is 0.380 e. The quantitative estimate of drug-likeness (QED) is 0.127. The van der Waals surface area contributed by atoms with E-state index in [4.69, 9.17) is 0 Å². The van der Waals surface area contributed by atoms with Crippen LogP contribution in [0.4, 0.5) is 167 Å². The molecule has 0 bridgehead atoms. The highest BCUT2D eigenvalue weighted by molar-refractivity contribution is 5.01. The maximum atomic E-state index is 15.6. The van der Waals surface area contributed by atoms with Crippen LogP contribution in [0.5, 0.6) is 0 Å². The molecule has 68 heavy (non-hydrogen) atoms. The van der Waals surface area contributed by atoms with Gasteiger partial charge in [0.25, 0.3) is 0 Å². The Morgan fingerprint density at radius 2 is 0.397 bits per heavy atom. The fourth-order valence-electron chi connectivity index (χ4n) is 3.85. The maximum absolute atomic E-state index is 15.6. The molecular weight excluding hydrogens is 1110 g/mol. The molecule has 0 aromatic carbocycles. The third-order valence-corrected chi connectivity index (χ3v) is 7.46. The van der Waals surface area contributed by atoms with Crippen LogP contribution in [0.15, 0.2) is 0 Å². The van der Waals surface area contributed by atoms with Crippen LogP contribution in [0.2, 0.25) is 0 Å². The first-order valence-electron chi connectivity index (χ1n) is 14.8. The van der Waals surface area contributed by atoms with Gasteiger partial charge in [-0.15, -0.1) is 0 Å². The van der Waals surface area contributed by atoms with Crippen molar-refractivity contribution in [1.29, 1.82) is 0 Å². The molecule has 0 N–H and O–H groups in total. The van der Waals surface area contributed by atoms with Crippen molar-refractivity contribution in [2.24, 2.45) is 5.41 Å². The molecule has 1 heterocycles. The highest BCUT2D eigenvalue weighted by Gasteiger charge is 2.89. The summed E-state index contributed by atoms with van der Waals surface area (Å²) in [6.45, 7) is -12.9. The van der Waals surface area contributed by atoms with Crippen LogP contribution >= 0.6 is 0 Å². The second-order valence-electron chi connectivity index (χ2n) is 12.6. The van der Waals surface area contributed by atoms with Gasteiger partial charge in [-0.3, -0.25) is 18.9 Å². The molecule has 0 unspecified atom stereocenters. The van der Waals surface area contributed by atoms with Gasteiger partial charge in [0.15, 0.2) is 0 Å². The molecule has 1 fully saturated rings. The highest BCUT2D eigenvalue weighted by atomic mass is 19.5. The van der Waals surface area contributed by atoms with E-state index >= 15 is 8.78 Å². The number of alkyl halides is 38. The van der Waals surface area contributed by atoms with Crippen LogP contribution < -0.4 is 0 Å². The first-order chi connectivity index (χ1) is 28.9. The SMILES string of the molecule is FC(F)(F)C(F)(OC(F)(F)C(F)(OCC1(COC(F)(C(F)(F)OC(F)(C(F)(F)F)C(F)(F)F)C(F)(F)OC(F)(C(F)(F)F)C(F)(F)F)COC1)C(F)(F)OC(F)(C(F)(F)F)C(F)(F)F)C(F)(F)F. The summed E-state index contributed by atoms with van der Waals surface area (Å²) in [6, 6.07) is 0. The van der Waals surface area contributed by atoms with E-state index in [0.717, 1.165) is 0 Å². The third-order valence-electron chi connectivity index (χ3n) is 7.46. The minimum atomic E-state index is -8.83. The molecule has 0 atom stereocenters. The minimum absolute atomic E-state index is 1.23. The number of hydrogen-bond acceptors (Lipinski definition) is 7. The largest absolute Gasteiger partial charge is 0.458 e. The van der Waals surface area contributed by atoms with E-state index in [2.05, 4.69) is 14.2 Å². The maximum Gasteiger partial charge on any atom is 0.458 e. The summed E-state index contributed by atoms with van der Waals surface area (Å²) in [5.41, 5.74) is -4.46. The van der Waals surface area contributed by atoms with Crippen molar-refractivity contribution in [3.63, 3.8) is 0 Å². The second-order valence-corrected chi connectivity index (χ2v) is 12.6. The van der Waals surface area contributed by atoms with E-state index in [1.54, 1.807) is 0 Å². The average Bonchev–Trinajstić information content (AvgIpc) is 3.02. The first kappa shape index (κ1) is 63.1. The lowest BCUT2D eigenvalue weighted by atomic mass is 9.88. The van der Waals surface area contributed by atoms with Gasteiger partial charge < -0.3 is 14.2 Å². The molecule has 0 aromatic heterocycles. The van der Waals surface area contributed by atoms with Crippen molar-refractivity contribution in [1.82, 2.24) is 0 Å². The minimum Gasteiger partial charge on any atom is -0.380 e. The van der Waals surface area contributed by atoms with Gasteiger partial charge in [-0.25, -0.2) is 0 Å². The lowest BCUT2D eigenvalue weighted by Gasteiger charge is -2.47. The molecule has 0 aromatic rings. The molecule has 0 spiro atoms. The first-order valence-corrected chi connectivity index (χ1v) is 14.8. The summed E-state index contributed by atoms with van der Waals surface area (Å²) in [5.74, 6) is -51.4. The molecule has 0 amide bonds. The fourth-order valence-corrected chi connectivity index (χ4v) is 3.85. The summed E-state index contributed by atoms with van der Waals surface area (Å²) in [5, 5.41) is 0. The predicted molar refractivity (Wildman–Crippen MR) is 121 cm³/mol. The molecule has 0 saturated carbocycles. The number of ether oxygens (including phenoxy) is 7. The summed E-state index contributed by atoms with van der Waals surface area (Å²) in [4.78, 5) is 0. The molecule has 0 radical (unpaired) electrons. The molecule has 408 valence electrons. The summed E-state index contributed by atoms with van der Waals surface area (Å²) >= 11 is 0. The van der Waals surface area contributed by atoms with Gasteiger partial charge in [-0.2, -0.15) is 167 Å². The van der Waals surface area contributed by atoms with Crippen LogP contribution in [-0.4, -0.2) is 135 Å². The van der Waals surface area contributed by atoms with Crippen molar-refractivity contribution in [2.75, 3.05) is 26.4 Å². The molecule has 1 saturated heterocycles. The van der Waals surface area contributed by atoms with Crippen LogP contribution in [0.1, 0.15) is 0 Å². The molecule has 1 rings (SSSR count). The second kappa shape index (κ2) is 17.1. The Morgan fingerprint density at radius 1 is 0.250 bits per heavy atom. The van der Waals surface area contributed by atoms with Gasteiger partial charge in [0, 0.05) is 0 Å². The van der Waals surface area contributed by atoms with Crippen LogP contribution in [-0.2, 0) is 33.2 Å². The van der Waals surface area contributed by atoms with Crippen molar-refractivity contribution in [3.8, 4) is 0 Å². The molecule has 7 nitrogen and oxygen atoms in total. The summed E-state index contributed by atoms with van der Waals surface area (Å²) in [6.07, 6.45) is -102. The number of hydrogen-bond donors (Lipinski definition) is 0.